The highest BCUT2D eigenvalue weighted by atomic mass is 32.2. The van der Waals surface area contributed by atoms with Crippen molar-refractivity contribution in [1.82, 2.24) is 19.9 Å². The van der Waals surface area contributed by atoms with E-state index in [1.807, 2.05) is 17.9 Å². The first-order valence-electron chi connectivity index (χ1n) is 16.1. The number of nitrogens with zero attached hydrogens (tertiary/aromatic N) is 5. The summed E-state index contributed by atoms with van der Waals surface area (Å²) in [6.45, 7) is 5.11. The smallest absolute Gasteiger partial charge is 0.294 e. The first-order valence-corrected chi connectivity index (χ1v) is 19.0. The van der Waals surface area contributed by atoms with Gasteiger partial charge in [-0.2, -0.15) is 8.42 Å². The number of aryl methyl sites for hydroxylation is 1. The zero-order chi connectivity index (χ0) is 39.2. The van der Waals surface area contributed by atoms with Crippen molar-refractivity contribution in [2.24, 2.45) is 0 Å². The molecule has 1 aliphatic rings. The zero-order valence-corrected chi connectivity index (χ0v) is 30.7. The fourth-order valence-electron chi connectivity index (χ4n) is 5.36. The van der Waals surface area contributed by atoms with Gasteiger partial charge in [-0.05, 0) is 68.0 Å². The van der Waals surface area contributed by atoms with Crippen molar-refractivity contribution in [3.05, 3.63) is 109 Å². The van der Waals surface area contributed by atoms with E-state index in [1.165, 1.54) is 56.9 Å². The number of nitrogens with one attached hydrogen (secondary N) is 1. The summed E-state index contributed by atoms with van der Waals surface area (Å²) in [7, 11) is -7.16. The highest BCUT2D eigenvalue weighted by Crippen LogP contribution is 2.33. The summed E-state index contributed by atoms with van der Waals surface area (Å²) in [4.78, 5) is 39.5. The minimum Gasteiger partial charge on any atom is -0.480 e. The summed E-state index contributed by atoms with van der Waals surface area (Å²) in [5, 5.41) is 0.725. The van der Waals surface area contributed by atoms with E-state index in [2.05, 4.69) is 19.7 Å². The summed E-state index contributed by atoms with van der Waals surface area (Å²) in [6, 6.07) is 15.1. The standard InChI is InChI=1S/C29H26F2N6O5S.C7H8O3S/c1-18(38)3-8-27(39)36-9-11-37(12-10-36)28-22-13-19(4-6-24(22)33-17-34-28)20-14-25(29(42-2)32-16-20)35-43(40,41)26-7-5-21(30)15-23(26)31;1-6-2-4-7(5-3-6)11(8,9)10/h3-8,13-17,35H,9-12H2,1-2H3;2-5H,1H3,(H,8,9,10)/b8-3+;. The molecule has 0 radical (unpaired) electrons. The maximum atomic E-state index is 14.3. The number of hydrogen-bond donors (Lipinski definition) is 2. The van der Waals surface area contributed by atoms with E-state index in [0.717, 1.165) is 23.1 Å². The molecule has 54 heavy (non-hydrogen) atoms. The van der Waals surface area contributed by atoms with Gasteiger partial charge >= 0.3 is 0 Å². The number of carbonyl (C=O) groups excluding carboxylic acids is 2. The van der Waals surface area contributed by atoms with Gasteiger partial charge in [0.05, 0.1) is 17.5 Å². The Balaban J connectivity index is 0.000000438. The average molecular weight is 781 g/mol. The lowest BCUT2D eigenvalue weighted by Gasteiger charge is -2.35. The van der Waals surface area contributed by atoms with Gasteiger partial charge in [0, 0.05) is 55.5 Å². The minimum atomic E-state index is -4.45. The monoisotopic (exact) mass is 780 g/mol. The van der Waals surface area contributed by atoms with E-state index < -0.39 is 36.7 Å². The van der Waals surface area contributed by atoms with Crippen LogP contribution in [0.3, 0.4) is 0 Å². The van der Waals surface area contributed by atoms with Gasteiger partial charge in [0.1, 0.15) is 34.4 Å². The Bertz CT molecular complexity index is 2460. The fraction of sp³-hybridized carbons (Fsp3) is 0.194. The topological polar surface area (TPSA) is 189 Å². The number of ether oxygens (including phenoxy) is 1. The second-order valence-electron chi connectivity index (χ2n) is 11.9. The number of sulfonamides is 1. The molecule has 6 rings (SSSR count). The van der Waals surface area contributed by atoms with Gasteiger partial charge in [0.15, 0.2) is 5.78 Å². The molecule has 14 nitrogen and oxygen atoms in total. The average Bonchev–Trinajstić information content (AvgIpc) is 3.13. The van der Waals surface area contributed by atoms with Crippen LogP contribution in [0.15, 0.2) is 101 Å². The van der Waals surface area contributed by atoms with Crippen molar-refractivity contribution in [3.63, 3.8) is 0 Å². The summed E-state index contributed by atoms with van der Waals surface area (Å²) in [5.41, 5.74) is 2.76. The molecule has 5 aromatic rings. The largest absolute Gasteiger partial charge is 0.480 e. The van der Waals surface area contributed by atoms with Gasteiger partial charge in [-0.3, -0.25) is 18.9 Å². The van der Waals surface area contributed by atoms with Crippen LogP contribution in [0.1, 0.15) is 12.5 Å². The number of anilines is 2. The van der Waals surface area contributed by atoms with E-state index >= 15 is 0 Å². The Hall–Kier alpha value is -5.85. The molecule has 0 spiro atoms. The molecule has 3 heterocycles. The van der Waals surface area contributed by atoms with Crippen molar-refractivity contribution in [2.75, 3.05) is 42.9 Å². The number of benzene rings is 3. The minimum absolute atomic E-state index is 0.0482. The number of fused-ring (bicyclic) bond motifs is 1. The molecule has 1 saturated heterocycles. The maximum Gasteiger partial charge on any atom is 0.294 e. The Morgan fingerprint density at radius 2 is 1.57 bits per heavy atom. The van der Waals surface area contributed by atoms with Crippen LogP contribution < -0.4 is 14.4 Å². The van der Waals surface area contributed by atoms with E-state index in [-0.39, 0.29) is 28.2 Å². The van der Waals surface area contributed by atoms with Crippen LogP contribution in [0.4, 0.5) is 20.3 Å². The van der Waals surface area contributed by atoms with Crippen LogP contribution >= 0.6 is 0 Å². The van der Waals surface area contributed by atoms with E-state index in [1.54, 1.807) is 29.2 Å². The van der Waals surface area contributed by atoms with Gasteiger partial charge in [0.25, 0.3) is 20.1 Å². The number of amides is 1. The van der Waals surface area contributed by atoms with E-state index in [0.29, 0.717) is 54.7 Å². The molecule has 1 amide bonds. The lowest BCUT2D eigenvalue weighted by atomic mass is 10.0. The van der Waals surface area contributed by atoms with Gasteiger partial charge in [-0.25, -0.2) is 32.2 Å². The van der Waals surface area contributed by atoms with Gasteiger partial charge < -0.3 is 14.5 Å². The fourth-order valence-corrected chi connectivity index (χ4v) is 6.94. The summed E-state index contributed by atoms with van der Waals surface area (Å²) < 4.78 is 90.6. The Kier molecular flexibility index (Phi) is 12.0. The molecule has 282 valence electrons. The van der Waals surface area contributed by atoms with Crippen LogP contribution in [0.2, 0.25) is 0 Å². The van der Waals surface area contributed by atoms with Crippen molar-refractivity contribution in [2.45, 2.75) is 23.6 Å². The van der Waals surface area contributed by atoms with Gasteiger partial charge in [-0.1, -0.05) is 23.8 Å². The maximum absolute atomic E-state index is 14.3. The first kappa shape index (κ1) is 39.4. The molecular weight excluding hydrogens is 747 g/mol. The van der Waals surface area contributed by atoms with Gasteiger partial charge in [-0.15, -0.1) is 0 Å². The zero-order valence-electron chi connectivity index (χ0n) is 29.1. The van der Waals surface area contributed by atoms with Crippen LogP contribution in [0.5, 0.6) is 5.88 Å². The third kappa shape index (κ3) is 9.57. The predicted molar refractivity (Wildman–Crippen MR) is 196 cm³/mol. The molecule has 1 fully saturated rings. The molecule has 0 saturated carbocycles. The summed E-state index contributed by atoms with van der Waals surface area (Å²) in [5.74, 6) is -1.97. The lowest BCUT2D eigenvalue weighted by Crippen LogP contribution is -2.48. The lowest BCUT2D eigenvalue weighted by molar-refractivity contribution is -0.126. The molecule has 1 aliphatic heterocycles. The number of carbonyl (C=O) groups is 2. The third-order valence-corrected chi connectivity index (χ3v) is 10.4. The number of ketones is 1. The van der Waals surface area contributed by atoms with Crippen LogP contribution in [-0.4, -0.2) is 86.2 Å². The number of rotatable bonds is 9. The molecule has 2 aromatic heterocycles. The summed E-state index contributed by atoms with van der Waals surface area (Å²) >= 11 is 0. The molecule has 0 unspecified atom stereocenters. The second-order valence-corrected chi connectivity index (χ2v) is 15.0. The molecule has 0 aliphatic carbocycles. The van der Waals surface area contributed by atoms with Crippen LogP contribution in [-0.2, 0) is 29.7 Å². The van der Waals surface area contributed by atoms with Crippen molar-refractivity contribution < 1.29 is 44.5 Å². The van der Waals surface area contributed by atoms with E-state index in [9.17, 15) is 35.2 Å². The predicted octanol–water partition coefficient (Wildman–Crippen LogP) is 4.81. The molecule has 0 bridgehead atoms. The molecular formula is C36H34F2N6O8S2. The Labute approximate surface area is 309 Å². The highest BCUT2D eigenvalue weighted by molar-refractivity contribution is 7.92. The molecule has 18 heteroatoms. The SMILES string of the molecule is COc1ncc(-c2ccc3ncnc(N4CCN(C(=O)/C=C/C(C)=O)CC4)c3c2)cc1NS(=O)(=O)c1ccc(F)cc1F.Cc1ccc(S(=O)(=O)O)cc1. The van der Waals surface area contributed by atoms with Crippen molar-refractivity contribution in [3.8, 4) is 17.0 Å². The number of pyridine rings is 1. The number of allylic oxidation sites excluding steroid dienone is 1. The third-order valence-electron chi connectivity index (χ3n) is 8.09. The molecule has 0 atom stereocenters. The number of aromatic nitrogens is 3. The van der Waals surface area contributed by atoms with Crippen molar-refractivity contribution >= 4 is 54.2 Å². The number of halogens is 2. The molecule has 2 N–H and O–H groups in total. The van der Waals surface area contributed by atoms with E-state index in [4.69, 9.17) is 9.29 Å². The number of methoxy groups -OCH3 is 1. The normalized spacial score (nSPS) is 13.4. The first-order chi connectivity index (χ1) is 25.5. The second kappa shape index (κ2) is 16.4. The molecule has 3 aromatic carbocycles. The Morgan fingerprint density at radius 1 is 0.870 bits per heavy atom. The highest BCUT2D eigenvalue weighted by Gasteiger charge is 2.24. The number of hydrogen-bond acceptors (Lipinski definition) is 11. The number of piperazine rings is 1. The van der Waals surface area contributed by atoms with Crippen LogP contribution in [0.25, 0.3) is 22.0 Å². The summed E-state index contributed by atoms with van der Waals surface area (Å²) in [6.07, 6.45) is 5.48. The van der Waals surface area contributed by atoms with Crippen LogP contribution in [0, 0.1) is 18.6 Å². The Morgan fingerprint density at radius 3 is 2.20 bits per heavy atom. The van der Waals surface area contributed by atoms with Gasteiger partial charge in [0.2, 0.25) is 11.8 Å². The quantitative estimate of drug-likeness (QED) is 0.154. The van der Waals surface area contributed by atoms with Crippen molar-refractivity contribution in [1.29, 1.82) is 0 Å².